The summed E-state index contributed by atoms with van der Waals surface area (Å²) in [6.07, 6.45) is 1.37. The van der Waals surface area contributed by atoms with Crippen LogP contribution in [0, 0.1) is 13.8 Å². The number of hydrogen-bond donors (Lipinski definition) is 2. The Labute approximate surface area is 142 Å². The number of benzene rings is 1. The summed E-state index contributed by atoms with van der Waals surface area (Å²) in [5, 5.41) is 12.1. The summed E-state index contributed by atoms with van der Waals surface area (Å²) in [5.74, 6) is -0.474. The normalized spacial score (nSPS) is 16.4. The Morgan fingerprint density at radius 2 is 1.96 bits per heavy atom. The van der Waals surface area contributed by atoms with Crippen LogP contribution in [0.1, 0.15) is 36.8 Å². The molecule has 1 aromatic carbocycles. The van der Waals surface area contributed by atoms with Crippen molar-refractivity contribution in [2.24, 2.45) is 0 Å². The molecule has 132 valence electrons. The maximum Gasteiger partial charge on any atom is 0.329 e. The molecule has 1 heterocycles. The molecule has 2 N–H and O–H groups in total. The van der Waals surface area contributed by atoms with E-state index >= 15 is 0 Å². The van der Waals surface area contributed by atoms with E-state index in [0.717, 1.165) is 11.3 Å². The number of aliphatic carboxylic acids is 1. The Morgan fingerprint density at radius 3 is 2.58 bits per heavy atom. The van der Waals surface area contributed by atoms with Gasteiger partial charge >= 0.3 is 5.97 Å². The van der Waals surface area contributed by atoms with Crippen LogP contribution >= 0.6 is 0 Å². The number of hydrogen-bond acceptors (Lipinski definition) is 4. The zero-order valence-corrected chi connectivity index (χ0v) is 14.3. The van der Waals surface area contributed by atoms with Crippen LogP contribution in [-0.2, 0) is 14.3 Å². The summed E-state index contributed by atoms with van der Waals surface area (Å²) in [4.78, 5) is 23.6. The van der Waals surface area contributed by atoms with Crippen LogP contribution in [0.15, 0.2) is 18.2 Å². The molecule has 0 unspecified atom stereocenters. The van der Waals surface area contributed by atoms with Gasteiger partial charge in [0.15, 0.2) is 0 Å². The predicted octanol–water partition coefficient (Wildman–Crippen LogP) is 2.21. The van der Waals surface area contributed by atoms with Crippen molar-refractivity contribution in [2.45, 2.75) is 45.1 Å². The number of carbonyl (C=O) groups is 2. The van der Waals surface area contributed by atoms with Crippen LogP contribution in [0.2, 0.25) is 0 Å². The second-order valence-corrected chi connectivity index (χ2v) is 6.25. The minimum Gasteiger partial charge on any atom is -0.494 e. The lowest BCUT2D eigenvalue weighted by Gasteiger charge is -2.33. The topological polar surface area (TPSA) is 84.9 Å². The van der Waals surface area contributed by atoms with Crippen LogP contribution in [0.25, 0.3) is 0 Å². The summed E-state index contributed by atoms with van der Waals surface area (Å²) in [6, 6.07) is 5.87. The van der Waals surface area contributed by atoms with Crippen molar-refractivity contribution in [3.05, 3.63) is 29.3 Å². The summed E-state index contributed by atoms with van der Waals surface area (Å²) < 4.78 is 10.8. The van der Waals surface area contributed by atoms with E-state index in [9.17, 15) is 14.7 Å². The maximum absolute atomic E-state index is 12.1. The molecule has 1 aliphatic rings. The van der Waals surface area contributed by atoms with Gasteiger partial charge in [-0.2, -0.15) is 0 Å². The first-order valence-corrected chi connectivity index (χ1v) is 8.25. The monoisotopic (exact) mass is 335 g/mol. The van der Waals surface area contributed by atoms with Crippen LogP contribution in [0.3, 0.4) is 0 Å². The molecular formula is C18H25NO5. The molecule has 0 atom stereocenters. The Morgan fingerprint density at radius 1 is 1.25 bits per heavy atom. The van der Waals surface area contributed by atoms with Gasteiger partial charge in [-0.25, -0.2) is 4.79 Å². The van der Waals surface area contributed by atoms with Gasteiger partial charge in [-0.05, 0) is 43.5 Å². The van der Waals surface area contributed by atoms with Crippen LogP contribution < -0.4 is 10.1 Å². The van der Waals surface area contributed by atoms with E-state index in [1.807, 2.05) is 32.0 Å². The van der Waals surface area contributed by atoms with E-state index in [2.05, 4.69) is 5.32 Å². The van der Waals surface area contributed by atoms with Gasteiger partial charge in [0.1, 0.15) is 11.3 Å². The average Bonchev–Trinajstić information content (AvgIpc) is 2.55. The van der Waals surface area contributed by atoms with Gasteiger partial charge in [0, 0.05) is 32.5 Å². The van der Waals surface area contributed by atoms with Crippen molar-refractivity contribution >= 4 is 11.9 Å². The van der Waals surface area contributed by atoms with Gasteiger partial charge in [-0.3, -0.25) is 4.79 Å². The molecule has 24 heavy (non-hydrogen) atoms. The number of carbonyl (C=O) groups excluding carboxylic acids is 1. The van der Waals surface area contributed by atoms with Gasteiger partial charge in [-0.1, -0.05) is 6.07 Å². The second kappa shape index (κ2) is 8.15. The molecule has 0 aromatic heterocycles. The Bertz CT molecular complexity index is 593. The fraction of sp³-hybridized carbons (Fsp3) is 0.556. The smallest absolute Gasteiger partial charge is 0.329 e. The van der Waals surface area contributed by atoms with Crippen LogP contribution in [-0.4, -0.2) is 42.3 Å². The largest absolute Gasteiger partial charge is 0.494 e. The van der Waals surface area contributed by atoms with Gasteiger partial charge in [0.05, 0.1) is 6.61 Å². The van der Waals surface area contributed by atoms with Crippen molar-refractivity contribution < 1.29 is 24.2 Å². The molecule has 0 bridgehead atoms. The minimum absolute atomic E-state index is 0.237. The summed E-state index contributed by atoms with van der Waals surface area (Å²) in [6.45, 7) is 5.18. The molecule has 1 aliphatic heterocycles. The molecule has 1 aromatic rings. The van der Waals surface area contributed by atoms with E-state index in [4.69, 9.17) is 9.47 Å². The summed E-state index contributed by atoms with van der Waals surface area (Å²) in [7, 11) is 0. The highest BCUT2D eigenvalue weighted by atomic mass is 16.5. The standard InChI is InChI=1S/C18H25NO5/c1-13-5-6-15(12-14(13)2)24-9-3-4-16(20)19-18(17(21)22)7-10-23-11-8-18/h5-6,12H,3-4,7-11H2,1-2H3,(H,19,20)(H,21,22). The second-order valence-electron chi connectivity index (χ2n) is 6.25. The van der Waals surface area contributed by atoms with Crippen molar-refractivity contribution in [3.63, 3.8) is 0 Å². The number of aryl methyl sites for hydroxylation is 2. The molecule has 0 saturated carbocycles. The predicted molar refractivity (Wildman–Crippen MR) is 89.2 cm³/mol. The van der Waals surface area contributed by atoms with Crippen molar-refractivity contribution in [3.8, 4) is 5.75 Å². The number of rotatable bonds is 7. The van der Waals surface area contributed by atoms with E-state index in [0.29, 0.717) is 39.1 Å². The van der Waals surface area contributed by atoms with E-state index in [1.165, 1.54) is 5.56 Å². The quantitative estimate of drug-likeness (QED) is 0.746. The molecule has 2 rings (SSSR count). The van der Waals surface area contributed by atoms with E-state index in [-0.39, 0.29) is 12.3 Å². The summed E-state index contributed by atoms with van der Waals surface area (Å²) >= 11 is 0. The van der Waals surface area contributed by atoms with Crippen molar-refractivity contribution in [2.75, 3.05) is 19.8 Å². The van der Waals surface area contributed by atoms with Gasteiger partial charge in [0.2, 0.25) is 5.91 Å². The molecule has 1 fully saturated rings. The molecule has 0 radical (unpaired) electrons. The number of nitrogens with one attached hydrogen (secondary N) is 1. The van der Waals surface area contributed by atoms with E-state index < -0.39 is 11.5 Å². The lowest BCUT2D eigenvalue weighted by atomic mass is 9.90. The highest BCUT2D eigenvalue weighted by Crippen LogP contribution is 2.21. The van der Waals surface area contributed by atoms with Crippen molar-refractivity contribution in [1.82, 2.24) is 5.32 Å². The molecule has 6 nitrogen and oxygen atoms in total. The number of ether oxygens (including phenoxy) is 2. The first-order valence-electron chi connectivity index (χ1n) is 8.25. The Hall–Kier alpha value is -2.08. The van der Waals surface area contributed by atoms with Crippen molar-refractivity contribution in [1.29, 1.82) is 0 Å². The lowest BCUT2D eigenvalue weighted by molar-refractivity contribution is -0.152. The summed E-state index contributed by atoms with van der Waals surface area (Å²) in [5.41, 5.74) is 1.18. The van der Waals surface area contributed by atoms with Gasteiger partial charge in [-0.15, -0.1) is 0 Å². The van der Waals surface area contributed by atoms with E-state index in [1.54, 1.807) is 0 Å². The molecule has 1 saturated heterocycles. The number of carboxylic acids is 1. The van der Waals surface area contributed by atoms with Gasteiger partial charge < -0.3 is 19.9 Å². The third kappa shape index (κ3) is 4.71. The fourth-order valence-electron chi connectivity index (χ4n) is 2.67. The maximum atomic E-state index is 12.1. The third-order valence-corrected chi connectivity index (χ3v) is 4.43. The third-order valence-electron chi connectivity index (χ3n) is 4.43. The SMILES string of the molecule is Cc1ccc(OCCCC(=O)NC2(C(=O)O)CCOCC2)cc1C. The highest BCUT2D eigenvalue weighted by Gasteiger charge is 2.41. The molecule has 0 aliphatic carbocycles. The average molecular weight is 335 g/mol. The zero-order chi connectivity index (χ0) is 17.6. The Balaban J connectivity index is 1.76. The van der Waals surface area contributed by atoms with Gasteiger partial charge in [0.25, 0.3) is 0 Å². The minimum atomic E-state index is -1.19. The van der Waals surface area contributed by atoms with Crippen LogP contribution in [0.4, 0.5) is 0 Å². The Kier molecular flexibility index (Phi) is 6.20. The first kappa shape index (κ1) is 18.3. The molecule has 1 amide bonds. The highest BCUT2D eigenvalue weighted by molar-refractivity contribution is 5.87. The number of amides is 1. The number of carboxylic acid groups (broad SMARTS) is 1. The molecule has 6 heteroatoms. The molecule has 0 spiro atoms. The molecular weight excluding hydrogens is 310 g/mol. The zero-order valence-electron chi connectivity index (χ0n) is 14.3. The lowest BCUT2D eigenvalue weighted by Crippen LogP contribution is -2.57. The van der Waals surface area contributed by atoms with Crippen LogP contribution in [0.5, 0.6) is 5.75 Å². The fourth-order valence-corrected chi connectivity index (χ4v) is 2.67. The first-order chi connectivity index (χ1) is 11.4.